The predicted molar refractivity (Wildman–Crippen MR) is 76.3 cm³/mol. The molecule has 0 saturated heterocycles. The molecule has 0 fully saturated rings. The number of rotatable bonds is 5. The first kappa shape index (κ1) is 13.5. The fourth-order valence-corrected chi connectivity index (χ4v) is 2.06. The van der Waals surface area contributed by atoms with Crippen molar-refractivity contribution in [2.75, 3.05) is 5.32 Å². The Morgan fingerprint density at radius 3 is 2.68 bits per heavy atom. The minimum atomic E-state index is 0.279. The number of nitrogens with zero attached hydrogens (tertiary/aromatic N) is 3. The standard InChI is InChI=1S/C14H21N5/c1-5-13-15-10(3)8-14(17-13)16-9(2)6-12-7-11(4)18-19-12/h7-9H,5-6H2,1-4H3,(H,18,19)(H,15,16,17)/t9-/m0/s1. The van der Waals surface area contributed by atoms with Crippen molar-refractivity contribution in [3.8, 4) is 0 Å². The summed E-state index contributed by atoms with van der Waals surface area (Å²) in [7, 11) is 0. The normalized spacial score (nSPS) is 12.4. The van der Waals surface area contributed by atoms with Crippen molar-refractivity contribution in [1.82, 2.24) is 20.2 Å². The summed E-state index contributed by atoms with van der Waals surface area (Å²) < 4.78 is 0. The molecule has 2 rings (SSSR count). The summed E-state index contributed by atoms with van der Waals surface area (Å²) in [4.78, 5) is 8.87. The number of H-pyrrole nitrogens is 1. The van der Waals surface area contributed by atoms with Crippen LogP contribution in [-0.4, -0.2) is 26.2 Å². The molecule has 102 valence electrons. The van der Waals surface area contributed by atoms with Gasteiger partial charge in [-0.3, -0.25) is 5.10 Å². The van der Waals surface area contributed by atoms with E-state index in [0.29, 0.717) is 0 Å². The van der Waals surface area contributed by atoms with Gasteiger partial charge in [0.05, 0.1) is 5.69 Å². The van der Waals surface area contributed by atoms with Crippen LogP contribution in [0.25, 0.3) is 0 Å². The van der Waals surface area contributed by atoms with Crippen LogP contribution in [0, 0.1) is 13.8 Å². The lowest BCUT2D eigenvalue weighted by Gasteiger charge is -2.14. The van der Waals surface area contributed by atoms with Crippen molar-refractivity contribution in [1.29, 1.82) is 0 Å². The van der Waals surface area contributed by atoms with Gasteiger partial charge >= 0.3 is 0 Å². The second-order valence-corrected chi connectivity index (χ2v) is 4.96. The van der Waals surface area contributed by atoms with Crippen LogP contribution in [0.15, 0.2) is 12.1 Å². The first-order valence-corrected chi connectivity index (χ1v) is 6.68. The first-order valence-electron chi connectivity index (χ1n) is 6.68. The average molecular weight is 259 g/mol. The highest BCUT2D eigenvalue weighted by Gasteiger charge is 2.08. The molecular weight excluding hydrogens is 238 g/mol. The van der Waals surface area contributed by atoms with Crippen molar-refractivity contribution in [3.05, 3.63) is 35.0 Å². The molecule has 5 nitrogen and oxygen atoms in total. The maximum atomic E-state index is 4.49. The van der Waals surface area contributed by atoms with E-state index in [4.69, 9.17) is 0 Å². The average Bonchev–Trinajstić information content (AvgIpc) is 2.73. The molecule has 19 heavy (non-hydrogen) atoms. The minimum Gasteiger partial charge on any atom is -0.367 e. The number of aryl methyl sites for hydroxylation is 3. The molecule has 0 bridgehead atoms. The Balaban J connectivity index is 2.02. The highest BCUT2D eigenvalue weighted by molar-refractivity contribution is 5.37. The number of aromatic nitrogens is 4. The Labute approximate surface area is 113 Å². The van der Waals surface area contributed by atoms with Gasteiger partial charge in [-0.25, -0.2) is 9.97 Å². The number of nitrogens with one attached hydrogen (secondary N) is 2. The Morgan fingerprint density at radius 2 is 2.05 bits per heavy atom. The van der Waals surface area contributed by atoms with Gasteiger partial charge in [-0.15, -0.1) is 0 Å². The first-order chi connectivity index (χ1) is 9.06. The molecule has 5 heteroatoms. The second kappa shape index (κ2) is 5.82. The van der Waals surface area contributed by atoms with Gasteiger partial charge in [-0.2, -0.15) is 5.10 Å². The van der Waals surface area contributed by atoms with Crippen molar-refractivity contribution in [2.45, 2.75) is 46.6 Å². The molecule has 0 aliphatic rings. The summed E-state index contributed by atoms with van der Waals surface area (Å²) in [6, 6.07) is 4.33. The van der Waals surface area contributed by atoms with Gasteiger partial charge in [-0.05, 0) is 26.8 Å². The molecule has 2 heterocycles. The molecule has 2 aromatic rings. The van der Waals surface area contributed by atoms with Crippen molar-refractivity contribution < 1.29 is 0 Å². The highest BCUT2D eigenvalue weighted by atomic mass is 15.1. The molecule has 1 atom stereocenters. The minimum absolute atomic E-state index is 0.279. The van der Waals surface area contributed by atoms with Gasteiger partial charge < -0.3 is 5.32 Å². The summed E-state index contributed by atoms with van der Waals surface area (Å²) in [5.74, 6) is 1.77. The van der Waals surface area contributed by atoms with Crippen molar-refractivity contribution in [2.24, 2.45) is 0 Å². The molecule has 0 radical (unpaired) electrons. The van der Waals surface area contributed by atoms with E-state index in [0.717, 1.165) is 41.6 Å². The number of aromatic amines is 1. The van der Waals surface area contributed by atoms with Crippen molar-refractivity contribution in [3.63, 3.8) is 0 Å². The van der Waals surface area contributed by atoms with Gasteiger partial charge in [0.2, 0.25) is 0 Å². The third-order valence-corrected chi connectivity index (χ3v) is 2.89. The third-order valence-electron chi connectivity index (χ3n) is 2.89. The van der Waals surface area contributed by atoms with E-state index in [1.54, 1.807) is 0 Å². The second-order valence-electron chi connectivity index (χ2n) is 4.96. The van der Waals surface area contributed by atoms with Crippen LogP contribution in [0.2, 0.25) is 0 Å². The summed E-state index contributed by atoms with van der Waals surface area (Å²) in [5, 5.41) is 10.6. The van der Waals surface area contributed by atoms with E-state index < -0.39 is 0 Å². The molecule has 0 aliphatic carbocycles. The van der Waals surface area contributed by atoms with Crippen LogP contribution in [0.5, 0.6) is 0 Å². The Bertz CT molecular complexity index is 547. The fourth-order valence-electron chi connectivity index (χ4n) is 2.06. The van der Waals surface area contributed by atoms with Gasteiger partial charge in [0.15, 0.2) is 0 Å². The van der Waals surface area contributed by atoms with E-state index in [1.165, 1.54) is 0 Å². The van der Waals surface area contributed by atoms with Crippen LogP contribution in [-0.2, 0) is 12.8 Å². The van der Waals surface area contributed by atoms with Crippen LogP contribution in [0.3, 0.4) is 0 Å². The van der Waals surface area contributed by atoms with E-state index in [1.807, 2.05) is 19.9 Å². The fraction of sp³-hybridized carbons (Fsp3) is 0.500. The Kier molecular flexibility index (Phi) is 4.14. The molecule has 0 unspecified atom stereocenters. The molecule has 2 aromatic heterocycles. The van der Waals surface area contributed by atoms with Gasteiger partial charge in [0, 0.05) is 36.3 Å². The molecule has 0 aromatic carbocycles. The van der Waals surface area contributed by atoms with Crippen LogP contribution >= 0.6 is 0 Å². The molecule has 0 saturated carbocycles. The molecule has 0 spiro atoms. The highest BCUT2D eigenvalue weighted by Crippen LogP contribution is 2.10. The summed E-state index contributed by atoms with van der Waals surface area (Å²) >= 11 is 0. The topological polar surface area (TPSA) is 66.5 Å². The monoisotopic (exact) mass is 259 g/mol. The van der Waals surface area contributed by atoms with E-state index in [-0.39, 0.29) is 6.04 Å². The third kappa shape index (κ3) is 3.77. The molecule has 0 aliphatic heterocycles. The summed E-state index contributed by atoms with van der Waals surface area (Å²) in [5.41, 5.74) is 3.16. The summed E-state index contributed by atoms with van der Waals surface area (Å²) in [6.07, 6.45) is 1.72. The Morgan fingerprint density at radius 1 is 1.26 bits per heavy atom. The molecular formula is C14H21N5. The predicted octanol–water partition coefficient (Wildman–Crippen LogP) is 2.42. The zero-order valence-corrected chi connectivity index (χ0v) is 12.0. The molecule has 2 N–H and O–H groups in total. The SMILES string of the molecule is CCc1nc(C)cc(N[C@@H](C)Cc2cc(C)[nH]n2)n1. The zero-order valence-electron chi connectivity index (χ0n) is 12.0. The lowest BCUT2D eigenvalue weighted by atomic mass is 10.2. The lowest BCUT2D eigenvalue weighted by Crippen LogP contribution is -2.19. The van der Waals surface area contributed by atoms with Gasteiger partial charge in [0.1, 0.15) is 11.6 Å². The van der Waals surface area contributed by atoms with E-state index in [2.05, 4.69) is 45.4 Å². The zero-order chi connectivity index (χ0) is 13.8. The Hall–Kier alpha value is -1.91. The maximum absolute atomic E-state index is 4.49. The van der Waals surface area contributed by atoms with E-state index in [9.17, 15) is 0 Å². The van der Waals surface area contributed by atoms with Crippen molar-refractivity contribution >= 4 is 5.82 Å². The molecule has 0 amide bonds. The maximum Gasteiger partial charge on any atom is 0.130 e. The van der Waals surface area contributed by atoms with Gasteiger partial charge in [-0.1, -0.05) is 6.92 Å². The lowest BCUT2D eigenvalue weighted by molar-refractivity contribution is 0.755. The van der Waals surface area contributed by atoms with E-state index >= 15 is 0 Å². The quantitative estimate of drug-likeness (QED) is 0.865. The number of hydrogen-bond acceptors (Lipinski definition) is 4. The largest absolute Gasteiger partial charge is 0.367 e. The smallest absolute Gasteiger partial charge is 0.130 e. The van der Waals surface area contributed by atoms with Crippen LogP contribution in [0.4, 0.5) is 5.82 Å². The number of anilines is 1. The number of hydrogen-bond donors (Lipinski definition) is 2. The van der Waals surface area contributed by atoms with Crippen LogP contribution in [0.1, 0.15) is 36.8 Å². The van der Waals surface area contributed by atoms with Gasteiger partial charge in [0.25, 0.3) is 0 Å². The van der Waals surface area contributed by atoms with Crippen LogP contribution < -0.4 is 5.32 Å². The summed E-state index contributed by atoms with van der Waals surface area (Å²) in [6.45, 7) is 8.20.